The molecule has 0 saturated heterocycles. The van der Waals surface area contributed by atoms with Crippen molar-refractivity contribution in [1.82, 2.24) is 0 Å². The van der Waals surface area contributed by atoms with Crippen molar-refractivity contribution in [3.8, 4) is 5.75 Å². The smallest absolute Gasteiger partial charge is 0.119 e. The number of nitrogens with two attached hydrogens (primary N) is 1. The molecule has 0 heterocycles. The topological polar surface area (TPSA) is 35.2 Å². The van der Waals surface area contributed by atoms with Crippen molar-refractivity contribution in [3.63, 3.8) is 0 Å². The minimum Gasteiger partial charge on any atom is -0.497 e. The van der Waals surface area contributed by atoms with E-state index in [1.165, 1.54) is 37.7 Å². The van der Waals surface area contributed by atoms with Gasteiger partial charge in [0.15, 0.2) is 0 Å². The Labute approximate surface area is 112 Å². The second-order valence-corrected chi connectivity index (χ2v) is 5.02. The Bertz CT molecular complexity index is 325. The van der Waals surface area contributed by atoms with Crippen LogP contribution in [0.15, 0.2) is 24.3 Å². The summed E-state index contributed by atoms with van der Waals surface area (Å²) < 4.78 is 5.22. The van der Waals surface area contributed by atoms with E-state index in [1.807, 2.05) is 12.1 Å². The molecule has 102 valence electrons. The molecule has 0 aliphatic carbocycles. The van der Waals surface area contributed by atoms with Crippen LogP contribution in [0.2, 0.25) is 0 Å². The predicted octanol–water partition coefficient (Wildman–Crippen LogP) is 3.93. The van der Waals surface area contributed by atoms with E-state index in [0.717, 1.165) is 18.6 Å². The van der Waals surface area contributed by atoms with E-state index in [2.05, 4.69) is 19.1 Å². The molecule has 1 aromatic rings. The number of hydrogen-bond acceptors (Lipinski definition) is 2. The SMILES string of the molecule is CCCCCCCC(N)Cc1cccc(OC)c1. The van der Waals surface area contributed by atoms with E-state index in [9.17, 15) is 0 Å². The first kappa shape index (κ1) is 15.0. The Balaban J connectivity index is 2.24. The van der Waals surface area contributed by atoms with Crippen molar-refractivity contribution >= 4 is 0 Å². The Morgan fingerprint density at radius 1 is 1.17 bits per heavy atom. The highest BCUT2D eigenvalue weighted by atomic mass is 16.5. The van der Waals surface area contributed by atoms with E-state index < -0.39 is 0 Å². The van der Waals surface area contributed by atoms with Gasteiger partial charge in [-0.2, -0.15) is 0 Å². The standard InChI is InChI=1S/C16H27NO/c1-3-4-5-6-7-10-15(17)12-14-9-8-11-16(13-14)18-2/h8-9,11,13,15H,3-7,10,12,17H2,1-2H3. The summed E-state index contributed by atoms with van der Waals surface area (Å²) in [5.41, 5.74) is 7.44. The molecule has 0 bridgehead atoms. The molecule has 2 N–H and O–H groups in total. The lowest BCUT2D eigenvalue weighted by Gasteiger charge is -2.12. The highest BCUT2D eigenvalue weighted by molar-refractivity contribution is 5.28. The summed E-state index contributed by atoms with van der Waals surface area (Å²) in [7, 11) is 1.70. The van der Waals surface area contributed by atoms with Gasteiger partial charge in [-0.15, -0.1) is 0 Å². The number of ether oxygens (including phenoxy) is 1. The fourth-order valence-electron chi connectivity index (χ4n) is 2.21. The zero-order valence-electron chi connectivity index (χ0n) is 11.8. The van der Waals surface area contributed by atoms with Crippen LogP contribution in [0.5, 0.6) is 5.75 Å². The third-order valence-corrected chi connectivity index (χ3v) is 3.31. The second-order valence-electron chi connectivity index (χ2n) is 5.02. The lowest BCUT2D eigenvalue weighted by Crippen LogP contribution is -2.22. The summed E-state index contributed by atoms with van der Waals surface area (Å²) in [6, 6.07) is 8.48. The molecular formula is C16H27NO. The monoisotopic (exact) mass is 249 g/mol. The molecule has 0 aromatic heterocycles. The Hall–Kier alpha value is -1.02. The molecule has 1 aromatic carbocycles. The molecule has 1 atom stereocenters. The third kappa shape index (κ3) is 6.06. The molecule has 2 nitrogen and oxygen atoms in total. The Morgan fingerprint density at radius 3 is 2.67 bits per heavy atom. The number of methoxy groups -OCH3 is 1. The molecule has 2 heteroatoms. The van der Waals surface area contributed by atoms with E-state index in [0.29, 0.717) is 0 Å². The van der Waals surface area contributed by atoms with Crippen molar-refractivity contribution < 1.29 is 4.74 Å². The third-order valence-electron chi connectivity index (χ3n) is 3.31. The van der Waals surface area contributed by atoms with Gasteiger partial charge in [-0.25, -0.2) is 0 Å². The summed E-state index contributed by atoms with van der Waals surface area (Å²) in [5.74, 6) is 0.919. The first-order chi connectivity index (χ1) is 8.76. The number of unbranched alkanes of at least 4 members (excludes halogenated alkanes) is 4. The van der Waals surface area contributed by atoms with Crippen molar-refractivity contribution in [2.75, 3.05) is 7.11 Å². The molecule has 18 heavy (non-hydrogen) atoms. The maximum atomic E-state index is 6.17. The van der Waals surface area contributed by atoms with Crippen molar-refractivity contribution in [1.29, 1.82) is 0 Å². The maximum absolute atomic E-state index is 6.17. The van der Waals surface area contributed by atoms with Gasteiger partial charge in [-0.1, -0.05) is 51.2 Å². The Morgan fingerprint density at radius 2 is 1.94 bits per heavy atom. The summed E-state index contributed by atoms with van der Waals surface area (Å²) >= 11 is 0. The zero-order chi connectivity index (χ0) is 13.2. The molecule has 0 radical (unpaired) electrons. The summed E-state index contributed by atoms with van der Waals surface area (Å²) in [6.45, 7) is 2.24. The van der Waals surface area contributed by atoms with Gasteiger partial charge in [0.1, 0.15) is 5.75 Å². The lowest BCUT2D eigenvalue weighted by atomic mass is 10.0. The van der Waals surface area contributed by atoms with Gasteiger partial charge in [-0.05, 0) is 30.5 Å². The van der Waals surface area contributed by atoms with Gasteiger partial charge < -0.3 is 10.5 Å². The minimum absolute atomic E-state index is 0.277. The fraction of sp³-hybridized carbons (Fsp3) is 0.625. The number of rotatable bonds is 9. The van der Waals surface area contributed by atoms with Gasteiger partial charge in [0.25, 0.3) is 0 Å². The van der Waals surface area contributed by atoms with Gasteiger partial charge in [0.2, 0.25) is 0 Å². The number of benzene rings is 1. The minimum atomic E-state index is 0.277. The van der Waals surface area contributed by atoms with Crippen LogP contribution in [-0.4, -0.2) is 13.2 Å². The largest absolute Gasteiger partial charge is 0.497 e. The summed E-state index contributed by atoms with van der Waals surface area (Å²) in [5, 5.41) is 0. The van der Waals surface area contributed by atoms with Crippen molar-refractivity contribution in [2.24, 2.45) is 5.73 Å². The molecule has 0 amide bonds. The highest BCUT2D eigenvalue weighted by Crippen LogP contribution is 2.15. The van der Waals surface area contributed by atoms with Crippen LogP contribution in [-0.2, 0) is 6.42 Å². The summed E-state index contributed by atoms with van der Waals surface area (Å²) in [6.07, 6.45) is 8.65. The van der Waals surface area contributed by atoms with E-state index in [-0.39, 0.29) is 6.04 Å². The molecule has 1 rings (SSSR count). The normalized spacial score (nSPS) is 12.4. The van der Waals surface area contributed by atoms with E-state index >= 15 is 0 Å². The van der Waals surface area contributed by atoms with Crippen LogP contribution in [0.4, 0.5) is 0 Å². The van der Waals surface area contributed by atoms with Gasteiger partial charge in [0.05, 0.1) is 7.11 Å². The average Bonchev–Trinajstić information content (AvgIpc) is 2.38. The molecule has 0 fully saturated rings. The van der Waals surface area contributed by atoms with Gasteiger partial charge >= 0.3 is 0 Å². The van der Waals surface area contributed by atoms with Crippen molar-refractivity contribution in [3.05, 3.63) is 29.8 Å². The van der Waals surface area contributed by atoms with Crippen LogP contribution in [0.3, 0.4) is 0 Å². The molecule has 0 aliphatic rings. The molecule has 0 saturated carbocycles. The highest BCUT2D eigenvalue weighted by Gasteiger charge is 2.04. The Kier molecular flexibility index (Phi) is 7.51. The first-order valence-corrected chi connectivity index (χ1v) is 7.14. The van der Waals surface area contributed by atoms with Crippen LogP contribution in [0.1, 0.15) is 51.0 Å². The van der Waals surface area contributed by atoms with Crippen LogP contribution < -0.4 is 10.5 Å². The summed E-state index contributed by atoms with van der Waals surface area (Å²) in [4.78, 5) is 0. The molecule has 0 spiro atoms. The fourth-order valence-corrected chi connectivity index (χ4v) is 2.21. The first-order valence-electron chi connectivity index (χ1n) is 7.14. The van der Waals surface area contributed by atoms with Crippen LogP contribution in [0, 0.1) is 0 Å². The van der Waals surface area contributed by atoms with Crippen molar-refractivity contribution in [2.45, 2.75) is 57.9 Å². The second kappa shape index (κ2) is 8.98. The maximum Gasteiger partial charge on any atom is 0.119 e. The molecular weight excluding hydrogens is 222 g/mol. The van der Waals surface area contributed by atoms with Gasteiger partial charge in [0, 0.05) is 6.04 Å². The average molecular weight is 249 g/mol. The van der Waals surface area contributed by atoms with Crippen LogP contribution in [0.25, 0.3) is 0 Å². The van der Waals surface area contributed by atoms with E-state index in [1.54, 1.807) is 7.11 Å². The predicted molar refractivity (Wildman–Crippen MR) is 78.0 cm³/mol. The number of hydrogen-bond donors (Lipinski definition) is 1. The molecule has 0 aliphatic heterocycles. The van der Waals surface area contributed by atoms with Gasteiger partial charge in [-0.3, -0.25) is 0 Å². The quantitative estimate of drug-likeness (QED) is 0.673. The molecule has 1 unspecified atom stereocenters. The van der Waals surface area contributed by atoms with Crippen LogP contribution >= 0.6 is 0 Å². The zero-order valence-corrected chi connectivity index (χ0v) is 11.8. The van der Waals surface area contributed by atoms with E-state index in [4.69, 9.17) is 10.5 Å². The lowest BCUT2D eigenvalue weighted by molar-refractivity contribution is 0.414.